The Bertz CT molecular complexity index is 1700. The predicted octanol–water partition coefficient (Wildman–Crippen LogP) is 6.74. The van der Waals surface area contributed by atoms with Gasteiger partial charge in [0.1, 0.15) is 11.9 Å². The number of alkyl halides is 3. The van der Waals surface area contributed by atoms with E-state index in [0.717, 1.165) is 27.5 Å². The van der Waals surface area contributed by atoms with Crippen LogP contribution in [0.5, 0.6) is 0 Å². The van der Waals surface area contributed by atoms with Crippen molar-refractivity contribution in [1.29, 1.82) is 0 Å². The zero-order chi connectivity index (χ0) is 35.5. The lowest BCUT2D eigenvalue weighted by Crippen LogP contribution is -2.52. The molecule has 2 atom stereocenters. The minimum atomic E-state index is -4.81. The van der Waals surface area contributed by atoms with Crippen molar-refractivity contribution in [3.05, 3.63) is 91.6 Å². The molecular formula is C35H40ClF4N3O5. The minimum absolute atomic E-state index is 0.0000539. The predicted molar refractivity (Wildman–Crippen MR) is 175 cm³/mol. The van der Waals surface area contributed by atoms with E-state index in [4.69, 9.17) is 16.3 Å². The van der Waals surface area contributed by atoms with Gasteiger partial charge in [0.25, 0.3) is 5.56 Å². The Labute approximate surface area is 281 Å². The molecule has 0 aliphatic carbocycles. The molecule has 1 aliphatic rings. The van der Waals surface area contributed by atoms with Gasteiger partial charge in [-0.05, 0) is 72.6 Å². The number of carboxylic acids is 1. The lowest BCUT2D eigenvalue weighted by molar-refractivity contribution is -0.139. The Hall–Kier alpha value is -3.74. The third-order valence-electron chi connectivity index (χ3n) is 8.65. The molecule has 2 N–H and O–H groups in total. The molecule has 0 spiro atoms. The van der Waals surface area contributed by atoms with Crippen LogP contribution in [-0.2, 0) is 26.9 Å². The minimum Gasteiger partial charge on any atom is -0.481 e. The van der Waals surface area contributed by atoms with Crippen molar-refractivity contribution in [2.75, 3.05) is 26.7 Å². The number of hydrogen-bond acceptors (Lipinski definition) is 5. The van der Waals surface area contributed by atoms with Gasteiger partial charge < -0.3 is 19.7 Å². The molecule has 260 valence electrons. The van der Waals surface area contributed by atoms with Crippen LogP contribution in [0.25, 0.3) is 11.1 Å². The maximum Gasteiger partial charge on any atom is 0.416 e. The van der Waals surface area contributed by atoms with Crippen molar-refractivity contribution < 1.29 is 37.0 Å². The number of carbonyl (C=O) groups excluding carboxylic acids is 1. The normalized spacial score (nSPS) is 15.3. The maximum absolute atomic E-state index is 15.6. The fraction of sp³-hybridized carbons (Fsp3) is 0.457. The topological polar surface area (TPSA) is 101 Å². The second-order valence-electron chi connectivity index (χ2n) is 12.8. The first-order valence-electron chi connectivity index (χ1n) is 15.6. The molecular weight excluding hydrogens is 654 g/mol. The summed E-state index contributed by atoms with van der Waals surface area (Å²) in [5.41, 5.74) is 0.538. The summed E-state index contributed by atoms with van der Waals surface area (Å²) in [4.78, 5) is 41.1. The molecule has 4 rings (SSSR count). The van der Waals surface area contributed by atoms with Crippen molar-refractivity contribution in [3.63, 3.8) is 0 Å². The molecule has 0 bridgehead atoms. The number of amides is 1. The average molecular weight is 694 g/mol. The fourth-order valence-electron chi connectivity index (χ4n) is 6.18. The van der Waals surface area contributed by atoms with Gasteiger partial charge in [0.15, 0.2) is 0 Å². The van der Waals surface area contributed by atoms with Gasteiger partial charge in [-0.15, -0.1) is 0 Å². The first-order valence-corrected chi connectivity index (χ1v) is 16.0. The molecule has 3 aromatic rings. The third-order valence-corrected chi connectivity index (χ3v) is 8.93. The van der Waals surface area contributed by atoms with E-state index < -0.39 is 53.5 Å². The quantitative estimate of drug-likeness (QED) is 0.193. The van der Waals surface area contributed by atoms with Gasteiger partial charge in [-0.3, -0.25) is 19.3 Å². The summed E-state index contributed by atoms with van der Waals surface area (Å²) < 4.78 is 64.0. The molecule has 13 heteroatoms. The number of carboxylic acid groups (broad SMARTS) is 1. The van der Waals surface area contributed by atoms with Crippen molar-refractivity contribution in [2.45, 2.75) is 71.3 Å². The molecule has 0 unspecified atom stereocenters. The maximum atomic E-state index is 15.6. The first kappa shape index (κ1) is 37.1. The number of hydrogen-bond donors (Lipinski definition) is 2. The number of carbonyl (C=O) groups is 2. The zero-order valence-electron chi connectivity index (χ0n) is 27.5. The smallest absolute Gasteiger partial charge is 0.416 e. The second-order valence-corrected chi connectivity index (χ2v) is 13.2. The summed E-state index contributed by atoms with van der Waals surface area (Å²) >= 11 is 6.31. The molecule has 1 aliphatic heterocycles. The average Bonchev–Trinajstić information content (AvgIpc) is 2.96. The Balaban J connectivity index is 1.74. The van der Waals surface area contributed by atoms with Gasteiger partial charge in [0, 0.05) is 44.6 Å². The molecule has 48 heavy (non-hydrogen) atoms. The van der Waals surface area contributed by atoms with E-state index in [1.165, 1.54) is 12.1 Å². The molecule has 0 saturated carbocycles. The summed E-state index contributed by atoms with van der Waals surface area (Å²) in [5.74, 6) is -3.32. The van der Waals surface area contributed by atoms with Crippen molar-refractivity contribution in [2.24, 2.45) is 5.92 Å². The number of nitrogens with zero attached hydrogens (tertiary/aromatic N) is 2. The van der Waals surface area contributed by atoms with Crippen LogP contribution in [0.3, 0.4) is 0 Å². The van der Waals surface area contributed by atoms with Crippen LogP contribution in [0.2, 0.25) is 5.02 Å². The number of ether oxygens (including phenoxy) is 1. The number of benzene rings is 2. The highest BCUT2D eigenvalue weighted by atomic mass is 35.5. The highest BCUT2D eigenvalue weighted by Gasteiger charge is 2.36. The third kappa shape index (κ3) is 8.64. The van der Waals surface area contributed by atoms with Crippen molar-refractivity contribution >= 4 is 23.5 Å². The Morgan fingerprint density at radius 3 is 2.33 bits per heavy atom. The first-order chi connectivity index (χ1) is 22.5. The number of methoxy groups -OCH3 is 1. The van der Waals surface area contributed by atoms with E-state index in [2.05, 4.69) is 5.32 Å². The number of halogens is 5. The van der Waals surface area contributed by atoms with Gasteiger partial charge in [-0.2, -0.15) is 13.2 Å². The van der Waals surface area contributed by atoms with Gasteiger partial charge in [-0.25, -0.2) is 4.39 Å². The van der Waals surface area contributed by atoms with E-state index >= 15 is 4.39 Å². The number of aromatic nitrogens is 1. The summed E-state index contributed by atoms with van der Waals surface area (Å²) in [6.45, 7) is 8.67. The summed E-state index contributed by atoms with van der Waals surface area (Å²) in [5, 5.41) is 12.1. The van der Waals surface area contributed by atoms with Crippen LogP contribution in [0.4, 0.5) is 17.6 Å². The Morgan fingerprint density at radius 2 is 1.77 bits per heavy atom. The number of rotatable bonds is 13. The van der Waals surface area contributed by atoms with E-state index in [-0.39, 0.29) is 47.6 Å². The Kier molecular flexibility index (Phi) is 11.8. The number of aliphatic carboxylic acids is 1. The van der Waals surface area contributed by atoms with E-state index in [1.54, 1.807) is 21.0 Å². The van der Waals surface area contributed by atoms with Gasteiger partial charge in [-0.1, -0.05) is 43.6 Å². The summed E-state index contributed by atoms with van der Waals surface area (Å²) in [7, 11) is 1.56. The van der Waals surface area contributed by atoms with E-state index in [0.29, 0.717) is 24.7 Å². The highest BCUT2D eigenvalue weighted by Crippen LogP contribution is 2.36. The fourth-order valence-corrected chi connectivity index (χ4v) is 6.41. The van der Waals surface area contributed by atoms with Crippen molar-refractivity contribution in [3.8, 4) is 11.1 Å². The van der Waals surface area contributed by atoms with Crippen LogP contribution in [0, 0.1) is 25.6 Å². The molecule has 1 saturated heterocycles. The van der Waals surface area contributed by atoms with Gasteiger partial charge >= 0.3 is 12.1 Å². The number of likely N-dealkylation sites (tertiary alicyclic amines) is 1. The largest absolute Gasteiger partial charge is 0.481 e. The van der Waals surface area contributed by atoms with Gasteiger partial charge in [0.2, 0.25) is 5.91 Å². The van der Waals surface area contributed by atoms with Crippen LogP contribution in [-0.4, -0.2) is 59.3 Å². The lowest BCUT2D eigenvalue weighted by Gasteiger charge is -2.38. The number of nitrogens with one attached hydrogen (secondary N) is 1. The number of aryl methyl sites for hydroxylation is 2. The Morgan fingerprint density at radius 1 is 1.12 bits per heavy atom. The summed E-state index contributed by atoms with van der Waals surface area (Å²) in [6, 6.07) is 6.20. The van der Waals surface area contributed by atoms with Crippen LogP contribution in [0.1, 0.15) is 66.6 Å². The molecule has 1 amide bonds. The van der Waals surface area contributed by atoms with Crippen LogP contribution < -0.4 is 10.9 Å². The SMILES string of the molecule is COC1CN(CCc2cn([C@H](CC(C)C)C(=O)N[C@@H](CC(=O)O)c3cc(-c4c(C)cccc4C)cc(Cl)c3F)c(=O)cc2C(F)(F)F)C1. The monoisotopic (exact) mass is 693 g/mol. The van der Waals surface area contributed by atoms with Crippen molar-refractivity contribution in [1.82, 2.24) is 14.8 Å². The molecule has 8 nitrogen and oxygen atoms in total. The standard InChI is InChI=1S/C35H40ClF4N3O5/c1-19(2)11-29(43-16-22(9-10-42-17-24(18-42)48-5)26(14-30(43)44)35(38,39)40)34(47)41-28(15-31(45)46)25-12-23(13-27(36)33(25)37)32-20(3)7-6-8-21(32)4/h6-8,12-14,16,19,24,28-29H,9-11,15,17-18H2,1-5H3,(H,41,47)(H,45,46)/t28-,29+/m0/s1. The molecule has 1 aromatic heterocycles. The highest BCUT2D eigenvalue weighted by molar-refractivity contribution is 6.31. The van der Waals surface area contributed by atoms with E-state index in [1.807, 2.05) is 36.9 Å². The van der Waals surface area contributed by atoms with Crippen LogP contribution >= 0.6 is 11.6 Å². The zero-order valence-corrected chi connectivity index (χ0v) is 28.2. The molecule has 2 heterocycles. The van der Waals surface area contributed by atoms with Gasteiger partial charge in [0.05, 0.1) is 29.2 Å². The molecule has 0 radical (unpaired) electrons. The van der Waals surface area contributed by atoms with E-state index in [9.17, 15) is 32.7 Å². The lowest BCUT2D eigenvalue weighted by atomic mass is 9.92. The molecule has 1 fully saturated rings. The van der Waals surface area contributed by atoms with Crippen LogP contribution in [0.15, 0.2) is 47.4 Å². The summed E-state index contributed by atoms with van der Waals surface area (Å²) in [6.07, 6.45) is -4.48. The second kappa shape index (κ2) is 15.2. The number of pyridine rings is 1. The molecule has 2 aromatic carbocycles.